The minimum Gasteiger partial charge on any atom is -0.349 e. The van der Waals surface area contributed by atoms with Crippen molar-refractivity contribution in [3.63, 3.8) is 0 Å². The molecule has 2 aromatic carbocycles. The van der Waals surface area contributed by atoms with Gasteiger partial charge in [-0.05, 0) is 42.7 Å². The lowest BCUT2D eigenvalue weighted by atomic mass is 10.2. The predicted molar refractivity (Wildman–Crippen MR) is 101 cm³/mol. The fourth-order valence-electron chi connectivity index (χ4n) is 3.22. The lowest BCUT2D eigenvalue weighted by Crippen LogP contribution is -2.32. The van der Waals surface area contributed by atoms with Crippen LogP contribution in [0.25, 0.3) is 0 Å². The Morgan fingerprint density at radius 3 is 2.27 bits per heavy atom. The number of amides is 1. The Balaban J connectivity index is 1.69. The third-order valence-electron chi connectivity index (χ3n) is 4.76. The molecule has 0 unspecified atom stereocenters. The number of carbonyl (C=O) groups excluding carboxylic acids is 1. The number of benzene rings is 2. The van der Waals surface area contributed by atoms with Crippen molar-refractivity contribution in [1.29, 1.82) is 0 Å². The van der Waals surface area contributed by atoms with Gasteiger partial charge in [0.25, 0.3) is 5.91 Å². The average molecular weight is 372 g/mol. The molecule has 0 bridgehead atoms. The van der Waals surface area contributed by atoms with Crippen LogP contribution in [0.5, 0.6) is 0 Å². The molecule has 1 N–H and O–H groups in total. The van der Waals surface area contributed by atoms with Crippen LogP contribution in [0, 0.1) is 0 Å². The molecule has 3 rings (SSSR count). The highest BCUT2D eigenvalue weighted by atomic mass is 32.2. The lowest BCUT2D eigenvalue weighted by Gasteiger charge is -2.17. The highest BCUT2D eigenvalue weighted by Crippen LogP contribution is 2.20. The number of hydrogen-bond acceptors (Lipinski definition) is 3. The van der Waals surface area contributed by atoms with Crippen LogP contribution in [0.1, 0.15) is 41.6 Å². The number of nitrogens with zero attached hydrogens (tertiary/aromatic N) is 1. The lowest BCUT2D eigenvalue weighted by molar-refractivity contribution is 0.0938. The van der Waals surface area contributed by atoms with Crippen LogP contribution in [0.3, 0.4) is 0 Å². The Kier molecular flexibility index (Phi) is 5.74. The summed E-state index contributed by atoms with van der Waals surface area (Å²) in [5.41, 5.74) is 1.41. The largest absolute Gasteiger partial charge is 0.349 e. The van der Waals surface area contributed by atoms with Gasteiger partial charge in [0.1, 0.15) is 0 Å². The standard InChI is InChI=1S/C20H24N2O3S/c1-22(15-16-7-3-2-4-8-16)26(24,25)19-13-11-17(12-14-19)20(23)21-18-9-5-6-10-18/h2-4,7-8,11-14,18H,5-6,9-10,15H2,1H3,(H,21,23). The zero-order chi connectivity index (χ0) is 18.6. The molecule has 26 heavy (non-hydrogen) atoms. The molecule has 1 fully saturated rings. The smallest absolute Gasteiger partial charge is 0.251 e. The van der Waals surface area contributed by atoms with Crippen molar-refractivity contribution in [1.82, 2.24) is 9.62 Å². The van der Waals surface area contributed by atoms with Crippen molar-refractivity contribution in [3.8, 4) is 0 Å². The van der Waals surface area contributed by atoms with E-state index in [4.69, 9.17) is 0 Å². The topological polar surface area (TPSA) is 66.5 Å². The maximum absolute atomic E-state index is 12.7. The second-order valence-corrected chi connectivity index (χ2v) is 8.77. The number of nitrogens with one attached hydrogen (secondary N) is 1. The summed E-state index contributed by atoms with van der Waals surface area (Å²) < 4.78 is 26.8. The van der Waals surface area contributed by atoms with E-state index in [0.29, 0.717) is 12.1 Å². The Labute approximate surface area is 155 Å². The first-order valence-corrected chi connectivity index (χ1v) is 10.3. The summed E-state index contributed by atoms with van der Waals surface area (Å²) in [6.07, 6.45) is 4.33. The maximum atomic E-state index is 12.7. The predicted octanol–water partition coefficient (Wildman–Crippen LogP) is 3.18. The third-order valence-corrected chi connectivity index (χ3v) is 6.58. The van der Waals surface area contributed by atoms with Gasteiger partial charge in [-0.3, -0.25) is 4.79 Å². The maximum Gasteiger partial charge on any atom is 0.251 e. The van der Waals surface area contributed by atoms with Crippen molar-refractivity contribution >= 4 is 15.9 Å². The summed E-state index contributed by atoms with van der Waals surface area (Å²) in [5.74, 6) is -0.140. The van der Waals surface area contributed by atoms with Gasteiger partial charge in [-0.1, -0.05) is 43.2 Å². The van der Waals surface area contributed by atoms with E-state index in [1.165, 1.54) is 16.4 Å². The van der Waals surface area contributed by atoms with Crippen molar-refractivity contribution in [2.24, 2.45) is 0 Å². The first-order valence-electron chi connectivity index (χ1n) is 8.88. The first kappa shape index (κ1) is 18.6. The Hall–Kier alpha value is -2.18. The monoisotopic (exact) mass is 372 g/mol. The van der Waals surface area contributed by atoms with Gasteiger partial charge in [-0.2, -0.15) is 4.31 Å². The van der Waals surface area contributed by atoms with Crippen LogP contribution in [-0.2, 0) is 16.6 Å². The SMILES string of the molecule is CN(Cc1ccccc1)S(=O)(=O)c1ccc(C(=O)NC2CCCC2)cc1. The summed E-state index contributed by atoms with van der Waals surface area (Å²) in [4.78, 5) is 12.5. The number of carbonyl (C=O) groups is 1. The highest BCUT2D eigenvalue weighted by Gasteiger charge is 2.22. The molecule has 1 aliphatic rings. The summed E-state index contributed by atoms with van der Waals surface area (Å²) in [6, 6.07) is 15.8. The van der Waals surface area contributed by atoms with Crippen molar-refractivity contribution in [2.45, 2.75) is 43.2 Å². The van der Waals surface area contributed by atoms with Gasteiger partial charge in [0.15, 0.2) is 0 Å². The normalized spacial score (nSPS) is 15.3. The molecule has 1 amide bonds. The Bertz CT molecular complexity index is 842. The molecule has 0 spiro atoms. The molecule has 2 aromatic rings. The Morgan fingerprint density at radius 2 is 1.65 bits per heavy atom. The van der Waals surface area contributed by atoms with E-state index in [0.717, 1.165) is 31.2 Å². The molecule has 6 heteroatoms. The van der Waals surface area contributed by atoms with Crippen LogP contribution < -0.4 is 5.32 Å². The van der Waals surface area contributed by atoms with E-state index in [9.17, 15) is 13.2 Å². The van der Waals surface area contributed by atoms with Gasteiger partial charge < -0.3 is 5.32 Å². The summed E-state index contributed by atoms with van der Waals surface area (Å²) in [6.45, 7) is 0.299. The molecule has 1 saturated carbocycles. The number of hydrogen-bond donors (Lipinski definition) is 1. The van der Waals surface area contributed by atoms with E-state index in [-0.39, 0.29) is 16.8 Å². The minimum absolute atomic E-state index is 0.140. The molecule has 0 saturated heterocycles. The molecule has 0 aromatic heterocycles. The van der Waals surface area contributed by atoms with Crippen LogP contribution >= 0.6 is 0 Å². The molecular weight excluding hydrogens is 348 g/mol. The van der Waals surface area contributed by atoms with Crippen LogP contribution in [0.15, 0.2) is 59.5 Å². The molecule has 0 aliphatic heterocycles. The van der Waals surface area contributed by atoms with Crippen LogP contribution in [0.2, 0.25) is 0 Å². The quantitative estimate of drug-likeness (QED) is 0.847. The molecule has 0 radical (unpaired) electrons. The Morgan fingerprint density at radius 1 is 1.04 bits per heavy atom. The number of sulfonamides is 1. The van der Waals surface area contributed by atoms with Crippen molar-refractivity contribution < 1.29 is 13.2 Å². The summed E-state index contributed by atoms with van der Waals surface area (Å²) >= 11 is 0. The van der Waals surface area contributed by atoms with Gasteiger partial charge in [-0.25, -0.2) is 8.42 Å². The molecule has 5 nitrogen and oxygen atoms in total. The van der Waals surface area contributed by atoms with E-state index in [1.807, 2.05) is 30.3 Å². The van der Waals surface area contributed by atoms with Crippen LogP contribution in [0.4, 0.5) is 0 Å². The van der Waals surface area contributed by atoms with E-state index >= 15 is 0 Å². The second kappa shape index (κ2) is 8.01. The third kappa shape index (κ3) is 4.31. The fourth-order valence-corrected chi connectivity index (χ4v) is 4.38. The molecule has 1 aliphatic carbocycles. The number of rotatable bonds is 6. The van der Waals surface area contributed by atoms with Crippen LogP contribution in [-0.4, -0.2) is 31.7 Å². The zero-order valence-electron chi connectivity index (χ0n) is 14.9. The van der Waals surface area contributed by atoms with Gasteiger partial charge in [0.05, 0.1) is 4.90 Å². The van der Waals surface area contributed by atoms with Gasteiger partial charge in [-0.15, -0.1) is 0 Å². The molecular formula is C20H24N2O3S. The molecule has 0 atom stereocenters. The minimum atomic E-state index is -3.60. The summed E-state index contributed by atoms with van der Waals surface area (Å²) in [7, 11) is -2.04. The van der Waals surface area contributed by atoms with E-state index in [1.54, 1.807) is 19.2 Å². The first-order chi connectivity index (χ1) is 12.5. The molecule has 138 valence electrons. The van der Waals surface area contributed by atoms with E-state index < -0.39 is 10.0 Å². The van der Waals surface area contributed by atoms with Gasteiger partial charge in [0.2, 0.25) is 10.0 Å². The fraction of sp³-hybridized carbons (Fsp3) is 0.350. The highest BCUT2D eigenvalue weighted by molar-refractivity contribution is 7.89. The van der Waals surface area contributed by atoms with Crippen molar-refractivity contribution in [2.75, 3.05) is 7.05 Å². The average Bonchev–Trinajstić information content (AvgIpc) is 3.15. The van der Waals surface area contributed by atoms with E-state index in [2.05, 4.69) is 5.32 Å². The molecule has 0 heterocycles. The van der Waals surface area contributed by atoms with Crippen molar-refractivity contribution in [3.05, 3.63) is 65.7 Å². The van der Waals surface area contributed by atoms with Gasteiger partial charge >= 0.3 is 0 Å². The zero-order valence-corrected chi connectivity index (χ0v) is 15.7. The second-order valence-electron chi connectivity index (χ2n) is 6.73. The van der Waals surface area contributed by atoms with Gasteiger partial charge in [0, 0.05) is 25.2 Å². The summed E-state index contributed by atoms with van der Waals surface area (Å²) in [5, 5.41) is 3.01.